The maximum atomic E-state index is 8.41. The number of rotatable bonds is 22. The van der Waals surface area contributed by atoms with E-state index in [9.17, 15) is 0 Å². The summed E-state index contributed by atoms with van der Waals surface area (Å²) in [6, 6.07) is 8.52. The van der Waals surface area contributed by atoms with Gasteiger partial charge in [-0.25, -0.2) is 0 Å². The number of aryl methyl sites for hydroxylation is 1. The Morgan fingerprint density at radius 2 is 1.52 bits per heavy atom. The number of allylic oxidation sites excluding steroid dienone is 11. The molecule has 4 heteroatoms. The third-order valence-corrected chi connectivity index (χ3v) is 8.67. The van der Waals surface area contributed by atoms with Crippen LogP contribution in [0.4, 0.5) is 0 Å². The summed E-state index contributed by atoms with van der Waals surface area (Å²) in [6.45, 7) is 33.5. The first-order chi connectivity index (χ1) is 25.9. The Bertz CT molecular complexity index is 1310. The zero-order chi connectivity index (χ0) is 41.6. The molecule has 0 aliphatic rings. The number of halogens is 1. The van der Waals surface area contributed by atoms with E-state index in [1.54, 1.807) is 19.2 Å². The Kier molecular flexibility index (Phi) is 40.8. The summed E-state index contributed by atoms with van der Waals surface area (Å²) >= 11 is 6.46. The molecule has 0 aliphatic heterocycles. The highest BCUT2D eigenvalue weighted by Crippen LogP contribution is 2.35. The molecule has 0 radical (unpaired) electrons. The minimum Gasteiger partial charge on any atom is -0.381 e. The summed E-state index contributed by atoms with van der Waals surface area (Å²) in [6.07, 6.45) is 28.7. The number of hydrogen-bond donors (Lipinski definition) is 0. The Morgan fingerprint density at radius 3 is 2.00 bits per heavy atom. The van der Waals surface area contributed by atoms with E-state index in [4.69, 9.17) is 21.6 Å². The third-order valence-electron chi connectivity index (χ3n) is 8.44. The van der Waals surface area contributed by atoms with Crippen LogP contribution in [0.3, 0.4) is 0 Å². The van der Waals surface area contributed by atoms with Crippen LogP contribution in [-0.4, -0.2) is 19.4 Å². The van der Waals surface area contributed by atoms with Gasteiger partial charge in [0.2, 0.25) is 0 Å². The molecule has 0 bridgehead atoms. The van der Waals surface area contributed by atoms with Crippen LogP contribution in [0.15, 0.2) is 88.1 Å². The van der Waals surface area contributed by atoms with E-state index in [0.29, 0.717) is 11.5 Å². The Balaban J connectivity index is -0.000000843. The van der Waals surface area contributed by atoms with Crippen LogP contribution in [-0.2, 0) is 11.2 Å². The summed E-state index contributed by atoms with van der Waals surface area (Å²) in [4.78, 5) is 4.11. The van der Waals surface area contributed by atoms with Gasteiger partial charge in [-0.2, -0.15) is 5.26 Å². The van der Waals surface area contributed by atoms with Crippen LogP contribution in [0.2, 0.25) is 5.02 Å². The van der Waals surface area contributed by atoms with Crippen molar-refractivity contribution in [3.05, 3.63) is 99.3 Å². The molecule has 0 saturated carbocycles. The average Bonchev–Trinajstić information content (AvgIpc) is 3.15. The van der Waals surface area contributed by atoms with Crippen LogP contribution < -0.4 is 0 Å². The predicted octanol–water partition coefficient (Wildman–Crippen LogP) is 17.0. The predicted molar refractivity (Wildman–Crippen MR) is 247 cm³/mol. The van der Waals surface area contributed by atoms with Crippen molar-refractivity contribution in [2.24, 2.45) is 10.9 Å². The second kappa shape index (κ2) is 39.8. The van der Waals surface area contributed by atoms with Crippen molar-refractivity contribution in [3.8, 4) is 6.07 Å². The molecule has 3 nitrogen and oxygen atoms in total. The molecule has 0 aliphatic carbocycles. The van der Waals surface area contributed by atoms with Gasteiger partial charge in [-0.05, 0) is 126 Å². The topological polar surface area (TPSA) is 45.4 Å². The molecule has 0 amide bonds. The van der Waals surface area contributed by atoms with Gasteiger partial charge in [0.25, 0.3) is 0 Å². The van der Waals surface area contributed by atoms with Gasteiger partial charge in [-0.15, -0.1) is 6.58 Å². The van der Waals surface area contributed by atoms with Gasteiger partial charge >= 0.3 is 0 Å². The maximum absolute atomic E-state index is 8.41. The van der Waals surface area contributed by atoms with Gasteiger partial charge in [0.15, 0.2) is 0 Å². The highest BCUT2D eigenvalue weighted by molar-refractivity contribution is 6.30. The van der Waals surface area contributed by atoms with E-state index < -0.39 is 0 Å². The van der Waals surface area contributed by atoms with Crippen LogP contribution in [0.5, 0.6) is 0 Å². The Morgan fingerprint density at radius 1 is 0.852 bits per heavy atom. The second-order valence-corrected chi connectivity index (χ2v) is 14.4. The SMILES string of the molecule is C=C(C)CCC.CC/C=C(C)/N=C/C=C(\C)C#N.CC/C=C/C(=C\CCC)C(C)/C(C)=C(\CCCCC)c1cc(Cl)ccc1CCC.CCCOCCC. The minimum atomic E-state index is 0.425. The fourth-order valence-electron chi connectivity index (χ4n) is 5.35. The molecule has 1 aromatic rings. The second-order valence-electron chi connectivity index (χ2n) is 14.0. The minimum absolute atomic E-state index is 0.425. The maximum Gasteiger partial charge on any atom is 0.0944 e. The van der Waals surface area contributed by atoms with Gasteiger partial charge in [0.05, 0.1) is 6.07 Å². The first-order valence-corrected chi connectivity index (χ1v) is 21.6. The lowest BCUT2D eigenvalue weighted by atomic mass is 9.83. The lowest BCUT2D eigenvalue weighted by Gasteiger charge is -2.22. The van der Waals surface area contributed by atoms with Gasteiger partial charge in [0.1, 0.15) is 0 Å². The van der Waals surface area contributed by atoms with Crippen LogP contribution in [0.1, 0.15) is 185 Å². The summed E-state index contributed by atoms with van der Waals surface area (Å²) in [7, 11) is 0. The molecule has 1 atom stereocenters. The average molecular weight is 764 g/mol. The molecule has 0 heterocycles. The van der Waals surface area contributed by atoms with Crippen molar-refractivity contribution in [1.82, 2.24) is 0 Å². The molecule has 1 aromatic carbocycles. The molecular formula is C50H83ClN2O. The normalized spacial score (nSPS) is 12.9. The monoisotopic (exact) mass is 763 g/mol. The fourth-order valence-corrected chi connectivity index (χ4v) is 5.52. The number of aliphatic imine (C=N–C) groups is 1. The molecule has 0 fully saturated rings. The van der Waals surface area contributed by atoms with Crippen molar-refractivity contribution >= 4 is 23.4 Å². The number of nitrogens with zero attached hydrogens (tertiary/aromatic N) is 2. The van der Waals surface area contributed by atoms with Crippen molar-refractivity contribution in [1.29, 1.82) is 5.26 Å². The molecule has 0 saturated heterocycles. The fraction of sp³-hybridized carbons (Fsp3) is 0.600. The molecule has 0 aromatic heterocycles. The van der Waals surface area contributed by atoms with Crippen molar-refractivity contribution in [2.75, 3.05) is 13.2 Å². The summed E-state index contributed by atoms with van der Waals surface area (Å²) in [5.74, 6) is 0.425. The van der Waals surface area contributed by atoms with E-state index >= 15 is 0 Å². The zero-order valence-electron chi connectivity index (χ0n) is 37.5. The molecule has 1 unspecified atom stereocenters. The number of unbranched alkanes of at least 4 members (excludes halogenated alkanes) is 3. The molecule has 1 rings (SSSR count). The quantitative estimate of drug-likeness (QED) is 0.0388. The zero-order valence-corrected chi connectivity index (χ0v) is 38.2. The summed E-state index contributed by atoms with van der Waals surface area (Å²) < 4.78 is 5.13. The molecule has 306 valence electrons. The molecule has 54 heavy (non-hydrogen) atoms. The first kappa shape index (κ1) is 55.4. The number of hydrogen-bond acceptors (Lipinski definition) is 3. The Hall–Kier alpha value is -2.93. The standard InChI is InChI=1S/C28H43Cl.C10H14N2.C6H14O.C6H12/c1-7-11-14-18-27(28-21-26(29)20-19-25(28)15-10-4)23(6)22(5)24(16-12-8-2)17-13-9-3;1-4-5-10(3)12-7-6-9(2)8-11;1-3-5-7-6-4-2;1-4-5-6(2)3/h12,16-17,19-22H,7-11,13-15,18H2,1-6H3;5-7H,4H2,1-3H3;3-6H2,1-2H3;2,4-5H2,1,3H3/b16-12+,24-17+,27-23+;9-6+,10-5+,12-7+;;. The van der Waals surface area contributed by atoms with E-state index in [0.717, 1.165) is 75.3 Å². The lowest BCUT2D eigenvalue weighted by molar-refractivity contribution is 0.135. The van der Waals surface area contributed by atoms with Crippen molar-refractivity contribution < 1.29 is 4.74 Å². The van der Waals surface area contributed by atoms with Gasteiger partial charge < -0.3 is 4.74 Å². The van der Waals surface area contributed by atoms with Gasteiger partial charge in [0, 0.05) is 41.6 Å². The van der Waals surface area contributed by atoms with Crippen molar-refractivity contribution in [2.45, 2.75) is 180 Å². The van der Waals surface area contributed by atoms with Crippen LogP contribution in [0.25, 0.3) is 5.57 Å². The molecule has 0 spiro atoms. The third kappa shape index (κ3) is 31.4. The number of ether oxygens (including phenoxy) is 1. The lowest BCUT2D eigenvalue weighted by Crippen LogP contribution is -2.05. The van der Waals surface area contributed by atoms with E-state index in [-0.39, 0.29) is 0 Å². The summed E-state index contributed by atoms with van der Waals surface area (Å²) in [5, 5.41) is 9.26. The van der Waals surface area contributed by atoms with Crippen molar-refractivity contribution in [3.63, 3.8) is 0 Å². The van der Waals surface area contributed by atoms with Gasteiger partial charge in [-0.1, -0.05) is 148 Å². The van der Waals surface area contributed by atoms with Gasteiger partial charge in [-0.3, -0.25) is 4.99 Å². The van der Waals surface area contributed by atoms with Crippen LogP contribution in [0, 0.1) is 17.2 Å². The molecular weight excluding hydrogens is 680 g/mol. The summed E-state index contributed by atoms with van der Waals surface area (Å²) in [5.41, 5.74) is 10.2. The van der Waals surface area contributed by atoms with E-state index in [2.05, 4.69) is 124 Å². The molecule has 0 N–H and O–H groups in total. The van der Waals surface area contributed by atoms with E-state index in [1.807, 2.05) is 19.1 Å². The van der Waals surface area contributed by atoms with Crippen LogP contribution >= 0.6 is 11.6 Å². The largest absolute Gasteiger partial charge is 0.381 e. The number of nitriles is 1. The number of benzene rings is 1. The smallest absolute Gasteiger partial charge is 0.0944 e. The first-order valence-electron chi connectivity index (χ1n) is 21.2. The Labute approximate surface area is 341 Å². The highest BCUT2D eigenvalue weighted by Gasteiger charge is 2.17. The highest BCUT2D eigenvalue weighted by atomic mass is 35.5. The van der Waals surface area contributed by atoms with E-state index in [1.165, 1.54) is 71.9 Å².